The lowest BCUT2D eigenvalue weighted by molar-refractivity contribution is 0.330. The van der Waals surface area contributed by atoms with Crippen molar-refractivity contribution < 1.29 is 0 Å². The molecule has 1 heterocycles. The lowest BCUT2D eigenvalue weighted by atomic mass is 9.96. The molecule has 1 N–H and O–H groups in total. The van der Waals surface area contributed by atoms with Crippen LogP contribution in [0.25, 0.3) is 0 Å². The highest BCUT2D eigenvalue weighted by molar-refractivity contribution is 9.10. The second-order valence-corrected chi connectivity index (χ2v) is 5.76. The SMILES string of the molecule is CCC(C)(CC)NCc1cc(Br)cs1. The molecule has 0 saturated heterocycles. The van der Waals surface area contributed by atoms with Crippen molar-refractivity contribution in [2.45, 2.75) is 45.7 Å². The zero-order valence-electron chi connectivity index (χ0n) is 9.06. The molecule has 0 saturated carbocycles. The van der Waals surface area contributed by atoms with Crippen molar-refractivity contribution in [3.8, 4) is 0 Å². The molecule has 0 fully saturated rings. The van der Waals surface area contributed by atoms with Gasteiger partial charge in [0.1, 0.15) is 0 Å². The number of halogens is 1. The van der Waals surface area contributed by atoms with E-state index in [4.69, 9.17) is 0 Å². The summed E-state index contributed by atoms with van der Waals surface area (Å²) < 4.78 is 1.19. The second kappa shape index (κ2) is 5.29. The summed E-state index contributed by atoms with van der Waals surface area (Å²) in [7, 11) is 0. The van der Waals surface area contributed by atoms with E-state index >= 15 is 0 Å². The Hall–Kier alpha value is 0.140. The van der Waals surface area contributed by atoms with Crippen LogP contribution in [0.4, 0.5) is 0 Å². The minimum absolute atomic E-state index is 0.288. The van der Waals surface area contributed by atoms with Gasteiger partial charge in [-0.1, -0.05) is 13.8 Å². The van der Waals surface area contributed by atoms with Gasteiger partial charge in [0.25, 0.3) is 0 Å². The minimum Gasteiger partial charge on any atom is -0.307 e. The van der Waals surface area contributed by atoms with Gasteiger partial charge in [-0.3, -0.25) is 0 Å². The van der Waals surface area contributed by atoms with Gasteiger partial charge in [0.15, 0.2) is 0 Å². The highest BCUT2D eigenvalue weighted by Gasteiger charge is 2.18. The van der Waals surface area contributed by atoms with Gasteiger partial charge in [-0.25, -0.2) is 0 Å². The first-order chi connectivity index (χ1) is 6.59. The van der Waals surface area contributed by atoms with E-state index in [9.17, 15) is 0 Å². The van der Waals surface area contributed by atoms with Gasteiger partial charge in [0.05, 0.1) is 0 Å². The van der Waals surface area contributed by atoms with Crippen LogP contribution in [0.3, 0.4) is 0 Å². The van der Waals surface area contributed by atoms with Crippen LogP contribution in [0, 0.1) is 0 Å². The van der Waals surface area contributed by atoms with Crippen LogP contribution in [-0.4, -0.2) is 5.54 Å². The van der Waals surface area contributed by atoms with E-state index in [2.05, 4.69) is 53.5 Å². The molecule has 80 valence electrons. The van der Waals surface area contributed by atoms with E-state index in [-0.39, 0.29) is 5.54 Å². The molecule has 0 aliphatic carbocycles. The molecule has 3 heteroatoms. The van der Waals surface area contributed by atoms with Gasteiger partial charge >= 0.3 is 0 Å². The van der Waals surface area contributed by atoms with Crippen molar-refractivity contribution in [1.29, 1.82) is 0 Å². The molecule has 0 aliphatic rings. The molecule has 0 amide bonds. The lowest BCUT2D eigenvalue weighted by Gasteiger charge is -2.28. The second-order valence-electron chi connectivity index (χ2n) is 3.85. The fraction of sp³-hybridized carbons (Fsp3) is 0.636. The predicted molar refractivity (Wildman–Crippen MR) is 67.8 cm³/mol. The Balaban J connectivity index is 2.47. The summed E-state index contributed by atoms with van der Waals surface area (Å²) in [5, 5.41) is 5.75. The number of rotatable bonds is 5. The average Bonchev–Trinajstić information content (AvgIpc) is 2.61. The Morgan fingerprint density at radius 3 is 2.50 bits per heavy atom. The third kappa shape index (κ3) is 3.37. The summed E-state index contributed by atoms with van der Waals surface area (Å²) in [6, 6.07) is 2.18. The maximum absolute atomic E-state index is 3.61. The van der Waals surface area contributed by atoms with E-state index in [1.165, 1.54) is 22.2 Å². The third-order valence-electron chi connectivity index (χ3n) is 2.87. The van der Waals surface area contributed by atoms with Crippen LogP contribution in [0.5, 0.6) is 0 Å². The lowest BCUT2D eigenvalue weighted by Crippen LogP contribution is -2.40. The first kappa shape index (κ1) is 12.2. The van der Waals surface area contributed by atoms with Crippen molar-refractivity contribution in [2.75, 3.05) is 0 Å². The minimum atomic E-state index is 0.288. The third-order valence-corrected chi connectivity index (χ3v) is 4.57. The summed E-state index contributed by atoms with van der Waals surface area (Å²) in [5.41, 5.74) is 0.288. The van der Waals surface area contributed by atoms with Gasteiger partial charge < -0.3 is 5.32 Å². The summed E-state index contributed by atoms with van der Waals surface area (Å²) >= 11 is 5.27. The average molecular weight is 276 g/mol. The van der Waals surface area contributed by atoms with Gasteiger partial charge in [0.2, 0.25) is 0 Å². The van der Waals surface area contributed by atoms with E-state index in [0.29, 0.717) is 0 Å². The molecule has 0 bridgehead atoms. The summed E-state index contributed by atoms with van der Waals surface area (Å²) in [6.45, 7) is 7.74. The van der Waals surface area contributed by atoms with Crippen molar-refractivity contribution in [2.24, 2.45) is 0 Å². The molecule has 0 radical (unpaired) electrons. The van der Waals surface area contributed by atoms with Crippen molar-refractivity contribution in [3.63, 3.8) is 0 Å². The smallest absolute Gasteiger partial charge is 0.0305 e. The topological polar surface area (TPSA) is 12.0 Å². The fourth-order valence-electron chi connectivity index (χ4n) is 1.25. The fourth-order valence-corrected chi connectivity index (χ4v) is 2.64. The van der Waals surface area contributed by atoms with Crippen molar-refractivity contribution in [3.05, 3.63) is 20.8 Å². The Labute approximate surface area is 99.0 Å². The molecule has 1 rings (SSSR count). The summed E-state index contributed by atoms with van der Waals surface area (Å²) in [6.07, 6.45) is 2.35. The standard InChI is InChI=1S/C11H18BrNS/c1-4-11(3,5-2)13-7-10-6-9(12)8-14-10/h6,8,13H,4-5,7H2,1-3H3. The first-order valence-corrected chi connectivity index (χ1v) is 6.75. The van der Waals surface area contributed by atoms with Gasteiger partial charge in [0, 0.05) is 26.8 Å². The van der Waals surface area contributed by atoms with E-state index < -0.39 is 0 Å². The maximum atomic E-state index is 3.61. The van der Waals surface area contributed by atoms with Gasteiger partial charge in [-0.2, -0.15) is 0 Å². The molecule has 1 aromatic heterocycles. The zero-order chi connectivity index (χ0) is 10.6. The molecule has 0 spiro atoms. The molecular formula is C11H18BrNS. The first-order valence-electron chi connectivity index (χ1n) is 5.07. The zero-order valence-corrected chi connectivity index (χ0v) is 11.5. The van der Waals surface area contributed by atoms with Gasteiger partial charge in [-0.15, -0.1) is 11.3 Å². The van der Waals surface area contributed by atoms with E-state index in [1.807, 2.05) is 0 Å². The quantitative estimate of drug-likeness (QED) is 0.850. The van der Waals surface area contributed by atoms with Crippen LogP contribution >= 0.6 is 27.3 Å². The Morgan fingerprint density at radius 2 is 2.07 bits per heavy atom. The normalized spacial score (nSPS) is 12.0. The van der Waals surface area contributed by atoms with Crippen LogP contribution in [0.1, 0.15) is 38.5 Å². The largest absolute Gasteiger partial charge is 0.307 e. The molecule has 1 nitrogen and oxygen atoms in total. The Morgan fingerprint density at radius 1 is 1.43 bits per heavy atom. The molecule has 0 unspecified atom stereocenters. The molecular weight excluding hydrogens is 258 g/mol. The van der Waals surface area contributed by atoms with Crippen LogP contribution in [0.15, 0.2) is 15.9 Å². The predicted octanol–water partition coefficient (Wildman–Crippen LogP) is 4.18. The van der Waals surface area contributed by atoms with Crippen LogP contribution < -0.4 is 5.32 Å². The number of thiophene rings is 1. The Bertz CT molecular complexity index is 279. The van der Waals surface area contributed by atoms with Gasteiger partial charge in [-0.05, 0) is 41.8 Å². The molecule has 1 aromatic rings. The van der Waals surface area contributed by atoms with Crippen LogP contribution in [-0.2, 0) is 6.54 Å². The molecule has 0 aromatic carbocycles. The summed E-state index contributed by atoms with van der Waals surface area (Å²) in [5.74, 6) is 0. The Kier molecular flexibility index (Phi) is 4.61. The monoisotopic (exact) mass is 275 g/mol. The molecule has 0 aliphatic heterocycles. The van der Waals surface area contributed by atoms with Crippen molar-refractivity contribution >= 4 is 27.3 Å². The molecule has 0 atom stereocenters. The highest BCUT2D eigenvalue weighted by atomic mass is 79.9. The van der Waals surface area contributed by atoms with E-state index in [0.717, 1.165) is 6.54 Å². The maximum Gasteiger partial charge on any atom is 0.0305 e. The number of hydrogen-bond donors (Lipinski definition) is 1. The summed E-state index contributed by atoms with van der Waals surface area (Å²) in [4.78, 5) is 1.39. The van der Waals surface area contributed by atoms with E-state index in [1.54, 1.807) is 11.3 Å². The highest BCUT2D eigenvalue weighted by Crippen LogP contribution is 2.21. The number of hydrogen-bond acceptors (Lipinski definition) is 2. The van der Waals surface area contributed by atoms with Crippen LogP contribution in [0.2, 0.25) is 0 Å². The number of nitrogens with one attached hydrogen (secondary N) is 1. The molecule has 14 heavy (non-hydrogen) atoms. The van der Waals surface area contributed by atoms with Crippen molar-refractivity contribution in [1.82, 2.24) is 5.32 Å².